The van der Waals surface area contributed by atoms with Crippen LogP contribution in [0.15, 0.2) is 0 Å². The maximum atomic E-state index is 12.7. The molecule has 0 bridgehead atoms. The summed E-state index contributed by atoms with van der Waals surface area (Å²) in [7, 11) is 0. The number of nitrogens with one attached hydrogen (secondary N) is 2. The molecule has 0 aromatic rings. The van der Waals surface area contributed by atoms with Crippen LogP contribution in [0, 0.1) is 5.41 Å². The van der Waals surface area contributed by atoms with Crippen molar-refractivity contribution in [2.24, 2.45) is 5.41 Å². The van der Waals surface area contributed by atoms with E-state index in [2.05, 4.69) is 17.6 Å². The van der Waals surface area contributed by atoms with Crippen molar-refractivity contribution in [2.75, 3.05) is 6.54 Å². The standard InChI is InChI=1S/C15H26N2O3/c1-3-7-15(9-5-10-16-15)12(18)17-11-6-4-8-14(11,2)13(19)20/h11,16H,3-10H2,1-2H3,(H,17,18)(H,19,20). The molecule has 0 aromatic heterocycles. The summed E-state index contributed by atoms with van der Waals surface area (Å²) in [6.07, 6.45) is 5.88. The van der Waals surface area contributed by atoms with Gasteiger partial charge in [-0.2, -0.15) is 0 Å². The van der Waals surface area contributed by atoms with Crippen molar-refractivity contribution in [1.29, 1.82) is 0 Å². The summed E-state index contributed by atoms with van der Waals surface area (Å²) in [6, 6.07) is -0.247. The van der Waals surface area contributed by atoms with E-state index >= 15 is 0 Å². The summed E-state index contributed by atoms with van der Waals surface area (Å²) in [4.78, 5) is 24.1. The van der Waals surface area contributed by atoms with Gasteiger partial charge >= 0.3 is 5.97 Å². The van der Waals surface area contributed by atoms with E-state index in [-0.39, 0.29) is 11.9 Å². The number of hydrogen-bond acceptors (Lipinski definition) is 3. The van der Waals surface area contributed by atoms with Crippen LogP contribution < -0.4 is 10.6 Å². The smallest absolute Gasteiger partial charge is 0.311 e. The van der Waals surface area contributed by atoms with E-state index in [0.717, 1.165) is 45.1 Å². The molecule has 1 amide bonds. The van der Waals surface area contributed by atoms with Crippen LogP contribution in [0.1, 0.15) is 58.8 Å². The van der Waals surface area contributed by atoms with E-state index in [1.807, 2.05) is 0 Å². The lowest BCUT2D eigenvalue weighted by molar-refractivity contribution is -0.149. The molecule has 114 valence electrons. The van der Waals surface area contributed by atoms with E-state index in [1.54, 1.807) is 6.92 Å². The monoisotopic (exact) mass is 282 g/mol. The molecule has 5 heteroatoms. The van der Waals surface area contributed by atoms with E-state index < -0.39 is 16.9 Å². The molecule has 1 saturated heterocycles. The SMILES string of the molecule is CCCC1(C(=O)NC2CCCC2(C)C(=O)O)CCCN1. The number of aliphatic carboxylic acids is 1. The molecule has 0 aromatic carbocycles. The topological polar surface area (TPSA) is 78.4 Å². The first kappa shape index (κ1) is 15.3. The Hall–Kier alpha value is -1.10. The highest BCUT2D eigenvalue weighted by molar-refractivity contribution is 5.88. The molecular weight excluding hydrogens is 256 g/mol. The van der Waals surface area contributed by atoms with E-state index in [9.17, 15) is 14.7 Å². The lowest BCUT2D eigenvalue weighted by atomic mass is 9.83. The van der Waals surface area contributed by atoms with Crippen LogP contribution in [0.3, 0.4) is 0 Å². The van der Waals surface area contributed by atoms with Gasteiger partial charge in [0.25, 0.3) is 0 Å². The first-order valence-corrected chi connectivity index (χ1v) is 7.74. The Morgan fingerprint density at radius 2 is 2.10 bits per heavy atom. The Morgan fingerprint density at radius 1 is 1.35 bits per heavy atom. The van der Waals surface area contributed by atoms with Gasteiger partial charge in [-0.15, -0.1) is 0 Å². The second-order valence-electron chi connectivity index (χ2n) is 6.50. The normalized spacial score (nSPS) is 37.0. The molecule has 3 atom stereocenters. The average Bonchev–Trinajstić information content (AvgIpc) is 3.00. The second-order valence-corrected chi connectivity index (χ2v) is 6.50. The first-order valence-electron chi connectivity index (χ1n) is 7.74. The van der Waals surface area contributed by atoms with Crippen molar-refractivity contribution < 1.29 is 14.7 Å². The third-order valence-electron chi connectivity index (χ3n) is 5.11. The number of rotatable bonds is 5. The number of carbonyl (C=O) groups excluding carboxylic acids is 1. The van der Waals surface area contributed by atoms with Gasteiger partial charge in [0, 0.05) is 6.04 Å². The van der Waals surface area contributed by atoms with Crippen molar-refractivity contribution in [3.05, 3.63) is 0 Å². The third kappa shape index (κ3) is 2.55. The fraction of sp³-hybridized carbons (Fsp3) is 0.867. The molecule has 20 heavy (non-hydrogen) atoms. The van der Waals surface area contributed by atoms with Crippen molar-refractivity contribution in [3.8, 4) is 0 Å². The van der Waals surface area contributed by atoms with Gasteiger partial charge < -0.3 is 15.7 Å². The van der Waals surface area contributed by atoms with Gasteiger partial charge in [-0.1, -0.05) is 19.8 Å². The largest absolute Gasteiger partial charge is 0.481 e. The zero-order chi connectivity index (χ0) is 14.8. The predicted molar refractivity (Wildman–Crippen MR) is 76.4 cm³/mol. The molecule has 2 rings (SSSR count). The van der Waals surface area contributed by atoms with E-state index in [4.69, 9.17) is 0 Å². The fourth-order valence-corrected chi connectivity index (χ4v) is 3.70. The highest BCUT2D eigenvalue weighted by Crippen LogP contribution is 2.39. The summed E-state index contributed by atoms with van der Waals surface area (Å²) >= 11 is 0. The Kier molecular flexibility index (Phi) is 4.37. The molecule has 3 N–H and O–H groups in total. The van der Waals surface area contributed by atoms with Gasteiger partial charge in [0.15, 0.2) is 0 Å². The maximum absolute atomic E-state index is 12.7. The molecule has 1 heterocycles. The summed E-state index contributed by atoms with van der Waals surface area (Å²) in [5.74, 6) is -0.805. The van der Waals surface area contributed by atoms with Crippen LogP contribution in [-0.4, -0.2) is 35.1 Å². The van der Waals surface area contributed by atoms with Crippen LogP contribution in [-0.2, 0) is 9.59 Å². The summed E-state index contributed by atoms with van der Waals surface area (Å²) < 4.78 is 0. The Bertz CT molecular complexity index is 391. The third-order valence-corrected chi connectivity index (χ3v) is 5.11. The Morgan fingerprint density at radius 3 is 2.65 bits per heavy atom. The minimum atomic E-state index is -0.818. The molecule has 1 saturated carbocycles. The maximum Gasteiger partial charge on any atom is 0.311 e. The molecule has 5 nitrogen and oxygen atoms in total. The quantitative estimate of drug-likeness (QED) is 0.716. The van der Waals surface area contributed by atoms with Crippen molar-refractivity contribution in [3.63, 3.8) is 0 Å². The van der Waals surface area contributed by atoms with Gasteiger partial charge in [-0.05, 0) is 45.6 Å². The van der Waals surface area contributed by atoms with E-state index in [1.165, 1.54) is 0 Å². The molecular formula is C15H26N2O3. The van der Waals surface area contributed by atoms with Gasteiger partial charge in [0.1, 0.15) is 0 Å². The Balaban J connectivity index is 2.08. The van der Waals surface area contributed by atoms with Crippen molar-refractivity contribution in [1.82, 2.24) is 10.6 Å². The molecule has 2 fully saturated rings. The zero-order valence-corrected chi connectivity index (χ0v) is 12.5. The number of amides is 1. The Labute approximate surface area is 120 Å². The van der Waals surface area contributed by atoms with Crippen LogP contribution in [0.5, 0.6) is 0 Å². The first-order chi connectivity index (χ1) is 9.44. The molecule has 0 spiro atoms. The average molecular weight is 282 g/mol. The number of hydrogen-bond donors (Lipinski definition) is 3. The fourth-order valence-electron chi connectivity index (χ4n) is 3.70. The second kappa shape index (κ2) is 5.72. The molecule has 3 unspecified atom stereocenters. The van der Waals surface area contributed by atoms with Gasteiger partial charge in [0.2, 0.25) is 5.91 Å². The van der Waals surface area contributed by atoms with Crippen LogP contribution in [0.25, 0.3) is 0 Å². The summed E-state index contributed by atoms with van der Waals surface area (Å²) in [5, 5.41) is 15.8. The number of carboxylic acids is 1. The number of carbonyl (C=O) groups is 2. The van der Waals surface area contributed by atoms with Gasteiger partial charge in [0.05, 0.1) is 11.0 Å². The zero-order valence-electron chi connectivity index (χ0n) is 12.5. The number of carboxylic acid groups (broad SMARTS) is 1. The summed E-state index contributed by atoms with van der Waals surface area (Å²) in [5.41, 5.74) is -1.29. The van der Waals surface area contributed by atoms with Gasteiger partial charge in [-0.3, -0.25) is 9.59 Å². The lowest BCUT2D eigenvalue weighted by Crippen LogP contribution is -2.58. The highest BCUT2D eigenvalue weighted by Gasteiger charge is 2.48. The minimum Gasteiger partial charge on any atom is -0.481 e. The molecule has 1 aliphatic carbocycles. The molecule has 1 aliphatic heterocycles. The molecule has 2 aliphatic rings. The lowest BCUT2D eigenvalue weighted by Gasteiger charge is -2.33. The van der Waals surface area contributed by atoms with E-state index in [0.29, 0.717) is 6.42 Å². The van der Waals surface area contributed by atoms with Crippen molar-refractivity contribution >= 4 is 11.9 Å². The summed E-state index contributed by atoms with van der Waals surface area (Å²) in [6.45, 7) is 4.70. The van der Waals surface area contributed by atoms with Gasteiger partial charge in [-0.25, -0.2) is 0 Å². The predicted octanol–water partition coefficient (Wildman–Crippen LogP) is 1.67. The highest BCUT2D eigenvalue weighted by atomic mass is 16.4. The van der Waals surface area contributed by atoms with Crippen LogP contribution in [0.2, 0.25) is 0 Å². The van der Waals surface area contributed by atoms with Crippen LogP contribution >= 0.6 is 0 Å². The minimum absolute atomic E-state index is 0.00350. The van der Waals surface area contributed by atoms with Crippen LogP contribution in [0.4, 0.5) is 0 Å². The molecule has 0 radical (unpaired) electrons. The van der Waals surface area contributed by atoms with Crippen molar-refractivity contribution in [2.45, 2.75) is 70.4 Å².